The third-order valence-electron chi connectivity index (χ3n) is 4.13. The number of carbonyl (C=O) groups is 2. The van der Waals surface area contributed by atoms with Crippen LogP contribution in [0.5, 0.6) is 0 Å². The van der Waals surface area contributed by atoms with Crippen LogP contribution in [0.25, 0.3) is 0 Å². The second-order valence-electron chi connectivity index (χ2n) is 5.98. The van der Waals surface area contributed by atoms with Crippen LogP contribution in [0.3, 0.4) is 0 Å². The lowest BCUT2D eigenvalue weighted by Crippen LogP contribution is -2.45. The molecule has 5 heteroatoms. The Balaban J connectivity index is 2.12. The molecule has 0 aliphatic heterocycles. The lowest BCUT2D eigenvalue weighted by molar-refractivity contribution is -0.204. The Labute approximate surface area is 153 Å². The summed E-state index contributed by atoms with van der Waals surface area (Å²) in [6.45, 7) is 5.68. The molecule has 1 N–H and O–H groups in total. The van der Waals surface area contributed by atoms with Gasteiger partial charge < -0.3 is 14.6 Å². The van der Waals surface area contributed by atoms with E-state index in [0.717, 1.165) is 5.56 Å². The van der Waals surface area contributed by atoms with E-state index < -0.39 is 23.6 Å². The number of ether oxygens (including phenoxy) is 2. The summed E-state index contributed by atoms with van der Waals surface area (Å²) < 4.78 is 10.2. The predicted molar refractivity (Wildman–Crippen MR) is 98.0 cm³/mol. The zero-order chi connectivity index (χ0) is 19.0. The Morgan fingerprint density at radius 1 is 1.23 bits per heavy atom. The summed E-state index contributed by atoms with van der Waals surface area (Å²) >= 11 is 0. The molecule has 2 unspecified atom stereocenters. The van der Waals surface area contributed by atoms with Crippen molar-refractivity contribution in [3.8, 4) is 0 Å². The molecule has 1 aromatic rings. The smallest absolute Gasteiger partial charge is 0.309 e. The fraction of sp³-hybridized carbons (Fsp3) is 0.333. The number of allylic oxidation sites excluding steroid dienone is 2. The van der Waals surface area contributed by atoms with Gasteiger partial charge in [-0.05, 0) is 12.5 Å². The Bertz CT molecular complexity index is 704. The van der Waals surface area contributed by atoms with Crippen molar-refractivity contribution < 1.29 is 24.2 Å². The van der Waals surface area contributed by atoms with E-state index in [1.807, 2.05) is 36.4 Å². The average molecular weight is 356 g/mol. The van der Waals surface area contributed by atoms with Gasteiger partial charge >= 0.3 is 11.9 Å². The Morgan fingerprint density at radius 3 is 2.58 bits per heavy atom. The van der Waals surface area contributed by atoms with E-state index in [1.165, 1.54) is 6.08 Å². The molecule has 2 rings (SSSR count). The molecular weight excluding hydrogens is 332 g/mol. The third-order valence-corrected chi connectivity index (χ3v) is 4.13. The highest BCUT2D eigenvalue weighted by molar-refractivity contribution is 5.78. The standard InChI is InChI=1S/C21H24O5/c1-3-17-11-8-12-18(15-16-9-6-5-7-10-16)21(17,24)26-20(23)14-13-19(22)25-4-2/h3,5-12,17,24H,1,4,13-15H2,2H3. The SMILES string of the molecule is C=CC1C=CC=C(Cc2ccccc2)C1(O)OC(=O)CCC(=O)OCC. The molecule has 0 fully saturated rings. The number of aliphatic hydroxyl groups is 1. The van der Waals surface area contributed by atoms with Gasteiger partial charge in [0.05, 0.1) is 25.4 Å². The number of benzene rings is 1. The Hall–Kier alpha value is -2.66. The monoisotopic (exact) mass is 356 g/mol. The lowest BCUT2D eigenvalue weighted by Gasteiger charge is -2.36. The largest absolute Gasteiger partial charge is 0.466 e. The fourth-order valence-electron chi connectivity index (χ4n) is 2.79. The summed E-state index contributed by atoms with van der Waals surface area (Å²) in [7, 11) is 0. The Morgan fingerprint density at radius 2 is 1.92 bits per heavy atom. The highest BCUT2D eigenvalue weighted by Crippen LogP contribution is 2.35. The first-order valence-electron chi connectivity index (χ1n) is 8.63. The van der Waals surface area contributed by atoms with Crippen molar-refractivity contribution in [1.29, 1.82) is 0 Å². The molecule has 2 atom stereocenters. The molecule has 5 nitrogen and oxygen atoms in total. The van der Waals surface area contributed by atoms with E-state index in [1.54, 1.807) is 19.1 Å². The van der Waals surface area contributed by atoms with E-state index in [4.69, 9.17) is 9.47 Å². The van der Waals surface area contributed by atoms with Crippen LogP contribution in [0.1, 0.15) is 25.3 Å². The molecule has 1 aromatic carbocycles. The van der Waals surface area contributed by atoms with E-state index in [-0.39, 0.29) is 19.4 Å². The van der Waals surface area contributed by atoms with Crippen molar-refractivity contribution in [3.05, 3.63) is 72.4 Å². The molecule has 0 radical (unpaired) electrons. The van der Waals surface area contributed by atoms with Gasteiger partial charge in [-0.15, -0.1) is 6.58 Å². The second-order valence-corrected chi connectivity index (χ2v) is 5.98. The van der Waals surface area contributed by atoms with Gasteiger partial charge in [0.25, 0.3) is 0 Å². The van der Waals surface area contributed by atoms with Gasteiger partial charge in [0.2, 0.25) is 5.79 Å². The maximum Gasteiger partial charge on any atom is 0.309 e. The van der Waals surface area contributed by atoms with Crippen LogP contribution >= 0.6 is 0 Å². The van der Waals surface area contributed by atoms with Crippen LogP contribution in [-0.2, 0) is 25.5 Å². The topological polar surface area (TPSA) is 72.8 Å². The summed E-state index contributed by atoms with van der Waals surface area (Å²) in [5, 5.41) is 11.1. The average Bonchev–Trinajstić information content (AvgIpc) is 2.63. The summed E-state index contributed by atoms with van der Waals surface area (Å²) in [6.07, 6.45) is 6.99. The highest BCUT2D eigenvalue weighted by Gasteiger charge is 2.42. The summed E-state index contributed by atoms with van der Waals surface area (Å²) in [5.41, 5.74) is 1.54. The van der Waals surface area contributed by atoms with E-state index >= 15 is 0 Å². The first-order chi connectivity index (χ1) is 12.5. The normalized spacial score (nSPS) is 21.6. The number of esters is 2. The van der Waals surface area contributed by atoms with Gasteiger partial charge in [-0.25, -0.2) is 0 Å². The zero-order valence-electron chi connectivity index (χ0n) is 14.9. The Kier molecular flexibility index (Phi) is 6.92. The van der Waals surface area contributed by atoms with Crippen LogP contribution < -0.4 is 0 Å². The van der Waals surface area contributed by atoms with E-state index in [9.17, 15) is 14.7 Å². The molecule has 0 spiro atoms. The number of hydrogen-bond acceptors (Lipinski definition) is 5. The summed E-state index contributed by atoms with van der Waals surface area (Å²) in [5.74, 6) is -3.53. The van der Waals surface area contributed by atoms with Gasteiger partial charge in [-0.2, -0.15) is 0 Å². The molecule has 1 aliphatic carbocycles. The van der Waals surface area contributed by atoms with Crippen LogP contribution in [0, 0.1) is 5.92 Å². The summed E-state index contributed by atoms with van der Waals surface area (Å²) in [4.78, 5) is 23.6. The van der Waals surface area contributed by atoms with Crippen molar-refractivity contribution in [2.45, 2.75) is 32.0 Å². The minimum atomic E-state index is -1.82. The molecular formula is C21H24O5. The molecule has 0 saturated heterocycles. The zero-order valence-corrected chi connectivity index (χ0v) is 14.9. The van der Waals surface area contributed by atoms with Crippen LogP contribution in [0.2, 0.25) is 0 Å². The third kappa shape index (κ3) is 4.92. The first-order valence-corrected chi connectivity index (χ1v) is 8.63. The quantitative estimate of drug-likeness (QED) is 0.440. The first kappa shape index (κ1) is 19.7. The molecule has 1 aliphatic rings. The van der Waals surface area contributed by atoms with Crippen LogP contribution in [0.4, 0.5) is 0 Å². The van der Waals surface area contributed by atoms with Gasteiger partial charge in [-0.3, -0.25) is 9.59 Å². The molecule has 0 aromatic heterocycles. The van der Waals surface area contributed by atoms with E-state index in [0.29, 0.717) is 12.0 Å². The molecule has 138 valence electrons. The van der Waals surface area contributed by atoms with Gasteiger partial charge in [0.1, 0.15) is 0 Å². The minimum Gasteiger partial charge on any atom is -0.466 e. The van der Waals surface area contributed by atoms with Crippen LogP contribution in [0.15, 0.2) is 66.8 Å². The number of rotatable bonds is 8. The van der Waals surface area contributed by atoms with Crippen molar-refractivity contribution in [2.24, 2.45) is 5.92 Å². The van der Waals surface area contributed by atoms with Crippen molar-refractivity contribution in [1.82, 2.24) is 0 Å². The van der Waals surface area contributed by atoms with Gasteiger partial charge in [0.15, 0.2) is 0 Å². The maximum atomic E-state index is 12.2. The fourth-order valence-corrected chi connectivity index (χ4v) is 2.79. The van der Waals surface area contributed by atoms with Crippen LogP contribution in [-0.4, -0.2) is 29.4 Å². The van der Waals surface area contributed by atoms with Crippen molar-refractivity contribution >= 4 is 11.9 Å². The van der Waals surface area contributed by atoms with Crippen molar-refractivity contribution in [2.75, 3.05) is 6.61 Å². The molecule has 0 heterocycles. The van der Waals surface area contributed by atoms with Gasteiger partial charge in [0, 0.05) is 12.0 Å². The molecule has 0 amide bonds. The van der Waals surface area contributed by atoms with Crippen molar-refractivity contribution in [3.63, 3.8) is 0 Å². The summed E-state index contributed by atoms with van der Waals surface area (Å²) in [6, 6.07) is 9.59. The highest BCUT2D eigenvalue weighted by atomic mass is 16.7. The molecule has 26 heavy (non-hydrogen) atoms. The number of carbonyl (C=O) groups excluding carboxylic acids is 2. The maximum absolute atomic E-state index is 12.2. The second kappa shape index (κ2) is 9.15. The predicted octanol–water partition coefficient (Wildman–Crippen LogP) is 3.10. The lowest BCUT2D eigenvalue weighted by atomic mass is 9.84. The van der Waals surface area contributed by atoms with E-state index in [2.05, 4.69) is 6.58 Å². The molecule has 0 saturated carbocycles. The van der Waals surface area contributed by atoms with Gasteiger partial charge in [-0.1, -0.05) is 54.6 Å². The number of hydrogen-bond donors (Lipinski definition) is 1. The minimum absolute atomic E-state index is 0.0882. The molecule has 0 bridgehead atoms.